The van der Waals surface area contributed by atoms with Gasteiger partial charge >= 0.3 is 0 Å². The molecule has 2 amide bonds. The van der Waals surface area contributed by atoms with Gasteiger partial charge in [0.1, 0.15) is 0 Å². The first-order valence-electron chi connectivity index (χ1n) is 11.0. The van der Waals surface area contributed by atoms with Crippen LogP contribution >= 0.6 is 0 Å². The van der Waals surface area contributed by atoms with Gasteiger partial charge in [-0.25, -0.2) is 0 Å². The van der Waals surface area contributed by atoms with E-state index in [1.165, 1.54) is 19.3 Å². The van der Waals surface area contributed by atoms with Gasteiger partial charge < -0.3 is 19.4 Å². The summed E-state index contributed by atoms with van der Waals surface area (Å²) in [5.74, 6) is 0.113. The molecule has 3 saturated heterocycles. The summed E-state index contributed by atoms with van der Waals surface area (Å²) in [6, 6.07) is -0.160. The predicted molar refractivity (Wildman–Crippen MR) is 108 cm³/mol. The lowest BCUT2D eigenvalue weighted by molar-refractivity contribution is -0.153. The molecule has 2 atom stereocenters. The zero-order valence-electron chi connectivity index (χ0n) is 17.5. The molecule has 0 unspecified atom stereocenters. The third kappa shape index (κ3) is 4.80. The lowest BCUT2D eigenvalue weighted by Gasteiger charge is -2.43. The number of piperidine rings is 2. The van der Waals surface area contributed by atoms with Crippen LogP contribution in [0.4, 0.5) is 0 Å². The first-order valence-corrected chi connectivity index (χ1v) is 11.0. The number of aryl methyl sites for hydroxylation is 1. The monoisotopic (exact) mass is 403 g/mol. The van der Waals surface area contributed by atoms with Crippen LogP contribution in [0.15, 0.2) is 12.4 Å². The van der Waals surface area contributed by atoms with Gasteiger partial charge in [0.25, 0.3) is 0 Å². The van der Waals surface area contributed by atoms with E-state index >= 15 is 0 Å². The van der Waals surface area contributed by atoms with E-state index in [2.05, 4.69) is 10.00 Å². The molecule has 29 heavy (non-hydrogen) atoms. The Morgan fingerprint density at radius 2 is 1.93 bits per heavy atom. The molecule has 4 rings (SSSR count). The lowest BCUT2D eigenvalue weighted by Crippen LogP contribution is -2.54. The summed E-state index contributed by atoms with van der Waals surface area (Å²) in [6.07, 6.45) is 9.95. The normalized spacial score (nSPS) is 26.7. The van der Waals surface area contributed by atoms with Crippen LogP contribution in [0.5, 0.6) is 0 Å². The summed E-state index contributed by atoms with van der Waals surface area (Å²) in [5, 5.41) is 4.34. The van der Waals surface area contributed by atoms with E-state index in [4.69, 9.17) is 4.74 Å². The van der Waals surface area contributed by atoms with Gasteiger partial charge in [-0.05, 0) is 38.8 Å². The molecule has 0 aliphatic carbocycles. The van der Waals surface area contributed by atoms with Crippen LogP contribution in [0.1, 0.15) is 50.1 Å². The molecule has 0 N–H and O–H groups in total. The Bertz CT molecular complexity index is 715. The number of carbonyl (C=O) groups is 2. The third-order valence-corrected chi connectivity index (χ3v) is 6.37. The summed E-state index contributed by atoms with van der Waals surface area (Å²) in [7, 11) is 1.89. The maximum absolute atomic E-state index is 13.3. The molecular weight excluding hydrogens is 370 g/mol. The molecule has 3 aliphatic rings. The molecule has 0 spiro atoms. The minimum absolute atomic E-state index is 0.0149. The Balaban J connectivity index is 1.51. The number of likely N-dealkylation sites (tertiary alicyclic amines) is 2. The molecule has 3 aliphatic heterocycles. The van der Waals surface area contributed by atoms with E-state index in [1.54, 1.807) is 9.58 Å². The van der Waals surface area contributed by atoms with E-state index in [0.717, 1.165) is 38.0 Å². The number of morpholine rings is 1. The second-order valence-electron chi connectivity index (χ2n) is 8.52. The fraction of sp³-hybridized carbons (Fsp3) is 0.762. The van der Waals surface area contributed by atoms with Gasteiger partial charge in [-0.2, -0.15) is 5.10 Å². The predicted octanol–water partition coefficient (Wildman–Crippen LogP) is 1.19. The van der Waals surface area contributed by atoms with Crippen molar-refractivity contribution in [3.8, 4) is 0 Å². The van der Waals surface area contributed by atoms with Crippen LogP contribution in [0.25, 0.3) is 0 Å². The fourth-order valence-corrected chi connectivity index (χ4v) is 4.83. The minimum Gasteiger partial charge on any atom is -0.373 e. The van der Waals surface area contributed by atoms with E-state index in [-0.39, 0.29) is 30.5 Å². The van der Waals surface area contributed by atoms with Crippen LogP contribution in [0.2, 0.25) is 0 Å². The van der Waals surface area contributed by atoms with Crippen LogP contribution in [0, 0.1) is 0 Å². The highest BCUT2D eigenvalue weighted by Gasteiger charge is 2.39. The van der Waals surface area contributed by atoms with E-state index < -0.39 is 0 Å². The second-order valence-corrected chi connectivity index (χ2v) is 8.52. The van der Waals surface area contributed by atoms with E-state index in [9.17, 15) is 9.59 Å². The molecule has 3 fully saturated rings. The largest absolute Gasteiger partial charge is 0.373 e. The van der Waals surface area contributed by atoms with Gasteiger partial charge in [-0.3, -0.25) is 14.3 Å². The van der Waals surface area contributed by atoms with Crippen molar-refractivity contribution in [2.75, 3.05) is 45.9 Å². The molecule has 0 aromatic carbocycles. The van der Waals surface area contributed by atoms with Gasteiger partial charge in [0, 0.05) is 44.9 Å². The minimum atomic E-state index is -0.160. The van der Waals surface area contributed by atoms with E-state index in [1.807, 2.05) is 24.3 Å². The van der Waals surface area contributed by atoms with Crippen LogP contribution in [0.3, 0.4) is 0 Å². The van der Waals surface area contributed by atoms with Gasteiger partial charge in [0.05, 0.1) is 31.5 Å². The van der Waals surface area contributed by atoms with Crippen LogP contribution < -0.4 is 0 Å². The number of rotatable bonds is 5. The van der Waals surface area contributed by atoms with Gasteiger partial charge in [0.15, 0.2) is 0 Å². The number of hydrogen-bond donors (Lipinski definition) is 0. The van der Waals surface area contributed by atoms with Crippen molar-refractivity contribution in [2.24, 2.45) is 7.05 Å². The first kappa shape index (κ1) is 20.3. The van der Waals surface area contributed by atoms with Crippen LogP contribution in [-0.4, -0.2) is 88.3 Å². The van der Waals surface area contributed by atoms with Gasteiger partial charge in [0.2, 0.25) is 11.8 Å². The molecule has 0 bridgehead atoms. The molecule has 160 valence electrons. The number of ether oxygens (including phenoxy) is 1. The molecule has 1 aromatic rings. The Labute approximate surface area is 172 Å². The first-order chi connectivity index (χ1) is 14.1. The molecule has 4 heterocycles. The topological polar surface area (TPSA) is 70.9 Å². The zero-order valence-corrected chi connectivity index (χ0v) is 17.5. The molecule has 8 nitrogen and oxygen atoms in total. The Kier molecular flexibility index (Phi) is 6.50. The SMILES string of the molecule is Cn1cc([C@H]2[C@H](CN3CCCCC3)OCCN2C(=O)CN2CCCCC2=O)cn1. The fourth-order valence-electron chi connectivity index (χ4n) is 4.83. The Hall–Kier alpha value is -1.93. The zero-order chi connectivity index (χ0) is 20.2. The molecule has 0 saturated carbocycles. The number of aromatic nitrogens is 2. The van der Waals surface area contributed by atoms with Crippen molar-refractivity contribution in [3.05, 3.63) is 18.0 Å². The summed E-state index contributed by atoms with van der Waals surface area (Å²) in [5.41, 5.74) is 1.01. The average molecular weight is 404 g/mol. The van der Waals surface area contributed by atoms with Crippen molar-refractivity contribution in [1.82, 2.24) is 24.5 Å². The highest BCUT2D eigenvalue weighted by molar-refractivity contribution is 5.85. The quantitative estimate of drug-likeness (QED) is 0.739. The summed E-state index contributed by atoms with van der Waals surface area (Å²) < 4.78 is 7.97. The highest BCUT2D eigenvalue weighted by atomic mass is 16.5. The Morgan fingerprint density at radius 3 is 2.66 bits per heavy atom. The molecule has 0 radical (unpaired) electrons. The highest BCUT2D eigenvalue weighted by Crippen LogP contribution is 2.31. The lowest BCUT2D eigenvalue weighted by atomic mass is 9.99. The van der Waals surface area contributed by atoms with Crippen molar-refractivity contribution in [1.29, 1.82) is 0 Å². The summed E-state index contributed by atoms with van der Waals surface area (Å²) >= 11 is 0. The van der Waals surface area contributed by atoms with Crippen molar-refractivity contribution in [3.63, 3.8) is 0 Å². The maximum atomic E-state index is 13.3. The van der Waals surface area contributed by atoms with Gasteiger partial charge in [-0.15, -0.1) is 0 Å². The molecule has 1 aromatic heterocycles. The average Bonchev–Trinajstić information content (AvgIpc) is 3.16. The number of amides is 2. The standard InChI is InChI=1S/C21H33N5O3/c1-23-14-17(13-22-23)21-18(15-24-8-4-2-5-9-24)29-12-11-26(21)20(28)16-25-10-6-3-7-19(25)27/h13-14,18,21H,2-12,15-16H2,1H3/t18-,21-/m0/s1. The Morgan fingerprint density at radius 1 is 1.14 bits per heavy atom. The van der Waals surface area contributed by atoms with Crippen molar-refractivity contribution in [2.45, 2.75) is 50.7 Å². The number of carbonyl (C=O) groups excluding carboxylic acids is 2. The molecule has 8 heteroatoms. The smallest absolute Gasteiger partial charge is 0.242 e. The summed E-state index contributed by atoms with van der Waals surface area (Å²) in [4.78, 5) is 31.6. The van der Waals surface area contributed by atoms with Crippen molar-refractivity contribution < 1.29 is 14.3 Å². The van der Waals surface area contributed by atoms with Gasteiger partial charge in [-0.1, -0.05) is 6.42 Å². The second kappa shape index (κ2) is 9.26. The van der Waals surface area contributed by atoms with E-state index in [0.29, 0.717) is 26.1 Å². The maximum Gasteiger partial charge on any atom is 0.242 e. The number of hydrogen-bond acceptors (Lipinski definition) is 5. The summed E-state index contributed by atoms with van der Waals surface area (Å²) in [6.45, 7) is 4.96. The number of nitrogens with zero attached hydrogens (tertiary/aromatic N) is 5. The van der Waals surface area contributed by atoms with Crippen molar-refractivity contribution >= 4 is 11.8 Å². The van der Waals surface area contributed by atoms with Crippen LogP contribution in [-0.2, 0) is 21.4 Å². The molecular formula is C21H33N5O3. The third-order valence-electron chi connectivity index (χ3n) is 6.37.